The molecule has 0 spiro atoms. The second-order valence-corrected chi connectivity index (χ2v) is 5.81. The van der Waals surface area contributed by atoms with Crippen molar-refractivity contribution < 1.29 is 13.2 Å². The van der Waals surface area contributed by atoms with E-state index in [0.29, 0.717) is 12.0 Å². The van der Waals surface area contributed by atoms with Crippen molar-refractivity contribution in [3.8, 4) is 0 Å². The zero-order valence-electron chi connectivity index (χ0n) is 10.2. The van der Waals surface area contributed by atoms with Crippen LogP contribution < -0.4 is 5.32 Å². The number of nitrogens with one attached hydrogen (secondary N) is 1. The average molecular weight is 275 g/mol. The molecule has 0 fully saturated rings. The highest BCUT2D eigenvalue weighted by atomic mass is 32.2. The smallest absolute Gasteiger partial charge is 0.320 e. The van der Waals surface area contributed by atoms with Gasteiger partial charge in [0, 0.05) is 10.1 Å². The van der Waals surface area contributed by atoms with E-state index in [2.05, 4.69) is 5.32 Å². The monoisotopic (exact) mass is 275 g/mol. The predicted molar refractivity (Wildman–Crippen MR) is 68.0 cm³/mol. The number of hydrogen-bond donors (Lipinski definition) is 1. The van der Waals surface area contributed by atoms with Gasteiger partial charge in [-0.25, -0.2) is 0 Å². The third-order valence-corrected chi connectivity index (χ3v) is 4.49. The van der Waals surface area contributed by atoms with Crippen LogP contribution in [0.3, 0.4) is 0 Å². The number of halogens is 3. The minimum Gasteiger partial charge on any atom is -0.320 e. The maximum atomic E-state index is 12.9. The summed E-state index contributed by atoms with van der Waals surface area (Å²) in [5.74, 6) is 0. The lowest BCUT2D eigenvalue weighted by atomic mass is 10.0. The van der Waals surface area contributed by atoms with Gasteiger partial charge in [-0.15, -0.1) is 11.8 Å². The normalized spacial score (nSPS) is 19.0. The fourth-order valence-electron chi connectivity index (χ4n) is 2.27. The predicted octanol–water partition coefficient (Wildman–Crippen LogP) is 3.72. The number of alkyl halides is 3. The quantitative estimate of drug-likeness (QED) is 0.840. The Morgan fingerprint density at radius 1 is 1.39 bits per heavy atom. The van der Waals surface area contributed by atoms with E-state index < -0.39 is 11.7 Å². The van der Waals surface area contributed by atoms with Crippen molar-refractivity contribution in [2.24, 2.45) is 0 Å². The Morgan fingerprint density at radius 2 is 2.17 bits per heavy atom. The number of thioether (sulfide) groups is 1. The van der Waals surface area contributed by atoms with Gasteiger partial charge in [0.2, 0.25) is 0 Å². The molecule has 1 aliphatic rings. The van der Waals surface area contributed by atoms with E-state index in [4.69, 9.17) is 0 Å². The summed E-state index contributed by atoms with van der Waals surface area (Å²) in [6.45, 7) is 0.916. The molecule has 1 nitrogen and oxygen atoms in total. The number of hydrogen-bond acceptors (Lipinski definition) is 2. The van der Waals surface area contributed by atoms with Crippen molar-refractivity contribution in [1.29, 1.82) is 0 Å². The highest BCUT2D eigenvalue weighted by Gasteiger charge is 2.37. The SMILES string of the molecule is CNCCCC1Cc2c(cccc2C(F)(F)F)S1. The summed E-state index contributed by atoms with van der Waals surface area (Å²) >= 11 is 1.59. The molecule has 0 amide bonds. The Kier molecular flexibility index (Phi) is 4.22. The topological polar surface area (TPSA) is 12.0 Å². The van der Waals surface area contributed by atoms with E-state index in [1.807, 2.05) is 7.05 Å². The van der Waals surface area contributed by atoms with Crippen molar-refractivity contribution in [3.05, 3.63) is 29.3 Å². The third-order valence-electron chi connectivity index (χ3n) is 3.12. The zero-order chi connectivity index (χ0) is 13.2. The second-order valence-electron chi connectivity index (χ2n) is 4.47. The fraction of sp³-hybridized carbons (Fsp3) is 0.538. The van der Waals surface area contributed by atoms with Gasteiger partial charge in [-0.2, -0.15) is 13.2 Å². The molecular weight excluding hydrogens is 259 g/mol. The molecule has 18 heavy (non-hydrogen) atoms. The maximum Gasteiger partial charge on any atom is 0.416 e. The Balaban J connectivity index is 2.10. The maximum absolute atomic E-state index is 12.9. The molecule has 1 aromatic rings. The summed E-state index contributed by atoms with van der Waals surface area (Å²) in [6, 6.07) is 4.49. The minimum absolute atomic E-state index is 0.289. The van der Waals surface area contributed by atoms with Gasteiger partial charge in [-0.3, -0.25) is 0 Å². The first kappa shape index (κ1) is 13.7. The first-order chi connectivity index (χ1) is 8.52. The molecule has 1 atom stereocenters. The molecule has 5 heteroatoms. The van der Waals surface area contributed by atoms with Gasteiger partial charge in [0.1, 0.15) is 0 Å². The summed E-state index contributed by atoms with van der Waals surface area (Å²) in [6.07, 6.45) is -1.73. The molecule has 0 radical (unpaired) electrons. The van der Waals surface area contributed by atoms with Crippen LogP contribution in [0.1, 0.15) is 24.0 Å². The molecule has 100 valence electrons. The zero-order valence-corrected chi connectivity index (χ0v) is 11.0. The van der Waals surface area contributed by atoms with Gasteiger partial charge in [0.25, 0.3) is 0 Å². The number of rotatable bonds is 4. The van der Waals surface area contributed by atoms with E-state index in [9.17, 15) is 13.2 Å². The third kappa shape index (κ3) is 3.01. The molecule has 0 aliphatic carbocycles. The fourth-order valence-corrected chi connectivity index (χ4v) is 3.65. The van der Waals surface area contributed by atoms with Crippen molar-refractivity contribution in [3.63, 3.8) is 0 Å². The van der Waals surface area contributed by atoms with Gasteiger partial charge in [-0.1, -0.05) is 6.07 Å². The summed E-state index contributed by atoms with van der Waals surface area (Å²) < 4.78 is 38.6. The first-order valence-corrected chi connectivity index (χ1v) is 6.90. The minimum atomic E-state index is -4.23. The van der Waals surface area contributed by atoms with Crippen molar-refractivity contribution in [1.82, 2.24) is 5.32 Å². The second kappa shape index (κ2) is 5.53. The van der Waals surface area contributed by atoms with Gasteiger partial charge in [0.05, 0.1) is 5.56 Å². The van der Waals surface area contributed by atoms with Crippen LogP contribution in [0, 0.1) is 0 Å². The van der Waals surface area contributed by atoms with Gasteiger partial charge in [-0.05, 0) is 50.6 Å². The van der Waals surface area contributed by atoms with Gasteiger partial charge in [0.15, 0.2) is 0 Å². The van der Waals surface area contributed by atoms with Crippen LogP contribution in [-0.2, 0) is 12.6 Å². The van der Waals surface area contributed by atoms with E-state index in [1.165, 1.54) is 12.1 Å². The Bertz CT molecular complexity index is 417. The Hall–Kier alpha value is -0.680. The van der Waals surface area contributed by atoms with E-state index in [0.717, 1.165) is 24.3 Å². The molecule has 2 rings (SSSR count). The van der Waals surface area contributed by atoms with Crippen molar-refractivity contribution in [2.75, 3.05) is 13.6 Å². The lowest BCUT2D eigenvalue weighted by molar-refractivity contribution is -0.138. The highest BCUT2D eigenvalue weighted by Crippen LogP contribution is 2.44. The van der Waals surface area contributed by atoms with Crippen molar-refractivity contribution in [2.45, 2.75) is 35.6 Å². The largest absolute Gasteiger partial charge is 0.416 e. The van der Waals surface area contributed by atoms with E-state index in [1.54, 1.807) is 17.8 Å². The summed E-state index contributed by atoms with van der Waals surface area (Å²) in [5.41, 5.74) is 0.0353. The molecule has 1 aromatic carbocycles. The molecular formula is C13H16F3NS. The standard InChI is InChI=1S/C13H16F3NS/c1-17-7-3-4-9-8-10-11(13(14,15)16)5-2-6-12(10)18-9/h2,5-6,9,17H,3-4,7-8H2,1H3. The summed E-state index contributed by atoms with van der Waals surface area (Å²) in [7, 11) is 1.89. The molecule has 0 saturated heterocycles. The average Bonchev–Trinajstić information content (AvgIpc) is 2.70. The number of benzene rings is 1. The molecule has 0 bridgehead atoms. The van der Waals surface area contributed by atoms with Crippen molar-refractivity contribution >= 4 is 11.8 Å². The molecule has 1 heterocycles. The molecule has 0 aromatic heterocycles. The number of fused-ring (bicyclic) bond motifs is 1. The molecule has 1 aliphatic heterocycles. The van der Waals surface area contributed by atoms with Crippen LogP contribution in [-0.4, -0.2) is 18.8 Å². The first-order valence-electron chi connectivity index (χ1n) is 6.02. The molecule has 0 saturated carbocycles. The molecule has 1 N–H and O–H groups in total. The highest BCUT2D eigenvalue weighted by molar-refractivity contribution is 8.00. The van der Waals surface area contributed by atoms with Gasteiger partial charge >= 0.3 is 6.18 Å². The lowest BCUT2D eigenvalue weighted by Crippen LogP contribution is -2.12. The van der Waals surface area contributed by atoms with Crippen LogP contribution in [0.5, 0.6) is 0 Å². The van der Waals surface area contributed by atoms with Crippen LogP contribution >= 0.6 is 11.8 Å². The van der Waals surface area contributed by atoms with Crippen LogP contribution in [0.4, 0.5) is 13.2 Å². The Morgan fingerprint density at radius 3 is 2.83 bits per heavy atom. The molecule has 1 unspecified atom stereocenters. The lowest BCUT2D eigenvalue weighted by Gasteiger charge is -2.11. The summed E-state index contributed by atoms with van der Waals surface area (Å²) in [5, 5.41) is 3.35. The van der Waals surface area contributed by atoms with Crippen LogP contribution in [0.25, 0.3) is 0 Å². The van der Waals surface area contributed by atoms with Crippen LogP contribution in [0.2, 0.25) is 0 Å². The van der Waals surface area contributed by atoms with Gasteiger partial charge < -0.3 is 5.32 Å². The van der Waals surface area contributed by atoms with Crippen LogP contribution in [0.15, 0.2) is 23.1 Å². The van der Waals surface area contributed by atoms with E-state index >= 15 is 0 Å². The summed E-state index contributed by atoms with van der Waals surface area (Å²) in [4.78, 5) is 0.805. The van der Waals surface area contributed by atoms with E-state index in [-0.39, 0.29) is 5.25 Å². The Labute approximate surface area is 109 Å².